The third-order valence-corrected chi connectivity index (χ3v) is 2.42. The fourth-order valence-electron chi connectivity index (χ4n) is 1.30. The molecule has 88 valence electrons. The number of rotatable bonds is 2. The molecule has 2 rings (SSSR count). The van der Waals surface area contributed by atoms with E-state index in [1.807, 2.05) is 0 Å². The van der Waals surface area contributed by atoms with Crippen molar-refractivity contribution in [3.8, 4) is 18.1 Å². The standard InChI is InChI=1S/C12H10FNO3/c1-2-9-4-5-10(8-11(9)13)16-17-12(15)14-6-3-7-14/h1,4-5,8H,3,6-7H2. The lowest BCUT2D eigenvalue weighted by Crippen LogP contribution is -2.42. The molecule has 0 N–H and O–H groups in total. The largest absolute Gasteiger partial charge is 0.452 e. The molecule has 0 spiro atoms. The van der Waals surface area contributed by atoms with Gasteiger partial charge in [-0.1, -0.05) is 5.92 Å². The lowest BCUT2D eigenvalue weighted by atomic mass is 10.2. The van der Waals surface area contributed by atoms with E-state index < -0.39 is 11.9 Å². The monoisotopic (exact) mass is 235 g/mol. The average molecular weight is 235 g/mol. The molecule has 1 aliphatic heterocycles. The maximum atomic E-state index is 13.2. The van der Waals surface area contributed by atoms with E-state index in [2.05, 4.69) is 10.8 Å². The highest BCUT2D eigenvalue weighted by Crippen LogP contribution is 2.17. The van der Waals surface area contributed by atoms with Crippen LogP contribution in [0.5, 0.6) is 5.75 Å². The Morgan fingerprint density at radius 1 is 1.47 bits per heavy atom. The molecule has 1 aromatic rings. The van der Waals surface area contributed by atoms with Crippen LogP contribution in [0, 0.1) is 18.2 Å². The van der Waals surface area contributed by atoms with Crippen LogP contribution < -0.4 is 4.89 Å². The van der Waals surface area contributed by atoms with E-state index in [4.69, 9.17) is 11.3 Å². The van der Waals surface area contributed by atoms with Crippen molar-refractivity contribution in [3.05, 3.63) is 29.6 Å². The van der Waals surface area contributed by atoms with Gasteiger partial charge in [-0.15, -0.1) is 6.42 Å². The molecule has 0 atom stereocenters. The van der Waals surface area contributed by atoms with Crippen molar-refractivity contribution in [2.24, 2.45) is 0 Å². The number of likely N-dealkylation sites (tertiary alicyclic amines) is 1. The zero-order chi connectivity index (χ0) is 12.3. The number of amides is 1. The molecule has 0 saturated carbocycles. The normalized spacial score (nSPS) is 13.5. The summed E-state index contributed by atoms with van der Waals surface area (Å²) in [6.45, 7) is 1.32. The lowest BCUT2D eigenvalue weighted by Gasteiger charge is -2.28. The van der Waals surface area contributed by atoms with Gasteiger partial charge in [0.15, 0.2) is 5.75 Å². The van der Waals surface area contributed by atoms with Crippen molar-refractivity contribution in [2.75, 3.05) is 13.1 Å². The summed E-state index contributed by atoms with van der Waals surface area (Å²) < 4.78 is 13.2. The first-order valence-electron chi connectivity index (χ1n) is 5.10. The molecular weight excluding hydrogens is 225 g/mol. The number of hydrogen-bond acceptors (Lipinski definition) is 3. The summed E-state index contributed by atoms with van der Waals surface area (Å²) in [5.41, 5.74) is 0.131. The minimum atomic E-state index is -0.593. The van der Waals surface area contributed by atoms with E-state index in [0.29, 0.717) is 13.1 Å². The number of carbonyl (C=O) groups excluding carboxylic acids is 1. The van der Waals surface area contributed by atoms with Gasteiger partial charge >= 0.3 is 6.09 Å². The molecule has 0 radical (unpaired) electrons. The van der Waals surface area contributed by atoms with Gasteiger partial charge in [0.05, 0.1) is 5.56 Å². The highest BCUT2D eigenvalue weighted by molar-refractivity contribution is 5.67. The molecule has 0 bridgehead atoms. The third kappa shape index (κ3) is 2.48. The smallest absolute Gasteiger partial charge is 0.305 e. The van der Waals surface area contributed by atoms with Crippen LogP contribution in [0.15, 0.2) is 18.2 Å². The van der Waals surface area contributed by atoms with Gasteiger partial charge in [-0.05, 0) is 18.6 Å². The maximum absolute atomic E-state index is 13.2. The minimum Gasteiger partial charge on any atom is -0.305 e. The Bertz CT molecular complexity index is 477. The number of nitrogens with zero attached hydrogens (tertiary/aromatic N) is 1. The molecule has 4 nitrogen and oxygen atoms in total. The van der Waals surface area contributed by atoms with Crippen molar-refractivity contribution in [1.29, 1.82) is 0 Å². The molecular formula is C12H10FNO3. The van der Waals surface area contributed by atoms with Crippen LogP contribution in [0.3, 0.4) is 0 Å². The summed E-state index contributed by atoms with van der Waals surface area (Å²) in [5.74, 6) is 1.68. The summed E-state index contributed by atoms with van der Waals surface area (Å²) in [6, 6.07) is 3.88. The SMILES string of the molecule is C#Cc1ccc(OOC(=O)N2CCC2)cc1F. The van der Waals surface area contributed by atoms with Gasteiger partial charge in [-0.25, -0.2) is 14.1 Å². The molecule has 0 aromatic heterocycles. The van der Waals surface area contributed by atoms with Gasteiger partial charge in [-0.3, -0.25) is 4.89 Å². The second kappa shape index (κ2) is 4.74. The minimum absolute atomic E-state index is 0.0929. The van der Waals surface area contributed by atoms with Crippen LogP contribution in [0.2, 0.25) is 0 Å². The van der Waals surface area contributed by atoms with Crippen molar-refractivity contribution in [1.82, 2.24) is 4.90 Å². The first-order valence-corrected chi connectivity index (χ1v) is 5.10. The molecule has 5 heteroatoms. The van der Waals surface area contributed by atoms with Gasteiger partial charge in [0.25, 0.3) is 0 Å². The highest BCUT2D eigenvalue weighted by atomic mass is 19.1. The Balaban J connectivity index is 1.93. The molecule has 0 unspecified atom stereocenters. The predicted molar refractivity (Wildman–Crippen MR) is 57.6 cm³/mol. The van der Waals surface area contributed by atoms with Crippen LogP contribution in [-0.2, 0) is 4.89 Å². The van der Waals surface area contributed by atoms with Crippen molar-refractivity contribution in [3.63, 3.8) is 0 Å². The molecule has 1 amide bonds. The van der Waals surface area contributed by atoms with Crippen molar-refractivity contribution in [2.45, 2.75) is 6.42 Å². The van der Waals surface area contributed by atoms with Crippen LogP contribution in [0.25, 0.3) is 0 Å². The summed E-state index contributed by atoms with van der Waals surface area (Å²) in [5, 5.41) is 0. The number of benzene rings is 1. The molecule has 0 aliphatic carbocycles. The van der Waals surface area contributed by atoms with Crippen LogP contribution in [0.1, 0.15) is 12.0 Å². The fraction of sp³-hybridized carbons (Fsp3) is 0.250. The average Bonchev–Trinajstić information content (AvgIpc) is 2.24. The van der Waals surface area contributed by atoms with E-state index in [9.17, 15) is 9.18 Å². The molecule has 1 aliphatic rings. The molecule has 17 heavy (non-hydrogen) atoms. The highest BCUT2D eigenvalue weighted by Gasteiger charge is 2.22. The Labute approximate surface area is 97.9 Å². The van der Waals surface area contributed by atoms with E-state index in [0.717, 1.165) is 12.5 Å². The summed E-state index contributed by atoms with van der Waals surface area (Å²) >= 11 is 0. The van der Waals surface area contributed by atoms with Gasteiger partial charge in [-0.2, -0.15) is 0 Å². The van der Waals surface area contributed by atoms with Crippen LogP contribution in [-0.4, -0.2) is 24.1 Å². The van der Waals surface area contributed by atoms with E-state index in [1.165, 1.54) is 17.0 Å². The summed E-state index contributed by atoms with van der Waals surface area (Å²) in [7, 11) is 0. The van der Waals surface area contributed by atoms with Crippen LogP contribution >= 0.6 is 0 Å². The quantitative estimate of drug-likeness (QED) is 0.446. The fourth-order valence-corrected chi connectivity index (χ4v) is 1.30. The first kappa shape index (κ1) is 11.3. The zero-order valence-corrected chi connectivity index (χ0v) is 8.98. The van der Waals surface area contributed by atoms with E-state index in [1.54, 1.807) is 0 Å². The van der Waals surface area contributed by atoms with Crippen molar-refractivity contribution < 1.29 is 19.0 Å². The Morgan fingerprint density at radius 2 is 2.24 bits per heavy atom. The summed E-state index contributed by atoms with van der Waals surface area (Å²) in [6.07, 6.45) is 5.45. The Morgan fingerprint density at radius 3 is 2.76 bits per heavy atom. The number of halogens is 1. The van der Waals surface area contributed by atoms with E-state index in [-0.39, 0.29) is 11.3 Å². The first-order chi connectivity index (χ1) is 8.20. The maximum Gasteiger partial charge on any atom is 0.452 e. The molecule has 1 aromatic carbocycles. The van der Waals surface area contributed by atoms with Crippen LogP contribution in [0.4, 0.5) is 9.18 Å². The van der Waals surface area contributed by atoms with Gasteiger partial charge < -0.3 is 4.90 Å². The zero-order valence-electron chi connectivity index (χ0n) is 8.98. The van der Waals surface area contributed by atoms with Gasteiger partial charge in [0.2, 0.25) is 0 Å². The molecule has 1 heterocycles. The summed E-state index contributed by atoms with van der Waals surface area (Å²) in [4.78, 5) is 22.0. The number of terminal acetylenes is 1. The molecule has 1 saturated heterocycles. The Kier molecular flexibility index (Phi) is 3.15. The lowest BCUT2D eigenvalue weighted by molar-refractivity contribution is -0.157. The van der Waals surface area contributed by atoms with Gasteiger partial charge in [0, 0.05) is 19.2 Å². The van der Waals surface area contributed by atoms with Gasteiger partial charge in [0.1, 0.15) is 5.82 Å². The van der Waals surface area contributed by atoms with E-state index >= 15 is 0 Å². The predicted octanol–water partition coefficient (Wildman–Crippen LogP) is 1.94. The topological polar surface area (TPSA) is 38.8 Å². The Hall–Kier alpha value is -2.22. The number of carbonyl (C=O) groups is 1. The second-order valence-corrected chi connectivity index (χ2v) is 3.56. The third-order valence-electron chi connectivity index (χ3n) is 2.42. The number of hydrogen-bond donors (Lipinski definition) is 0. The van der Waals surface area contributed by atoms with Crippen molar-refractivity contribution >= 4 is 6.09 Å². The molecule has 1 fully saturated rings. The second-order valence-electron chi connectivity index (χ2n) is 3.56.